The molecule has 2 aromatic heterocycles. The topological polar surface area (TPSA) is 64.0 Å². The Morgan fingerprint density at radius 1 is 1.50 bits per heavy atom. The lowest BCUT2D eigenvalue weighted by molar-refractivity contribution is 0.603. The van der Waals surface area contributed by atoms with E-state index in [2.05, 4.69) is 9.82 Å². The smallest absolute Gasteiger partial charge is 0.271 e. The van der Waals surface area contributed by atoms with Gasteiger partial charge < -0.3 is 0 Å². The first-order chi connectivity index (χ1) is 8.42. The molecule has 0 saturated carbocycles. The van der Waals surface area contributed by atoms with Crippen LogP contribution in [0.2, 0.25) is 4.34 Å². The summed E-state index contributed by atoms with van der Waals surface area (Å²) in [6.07, 6.45) is 1.67. The fourth-order valence-electron chi connectivity index (χ4n) is 1.42. The number of rotatable bonds is 4. The molecular weight excluding hydrogens is 294 g/mol. The van der Waals surface area contributed by atoms with Crippen molar-refractivity contribution in [3.63, 3.8) is 0 Å². The monoisotopic (exact) mass is 305 g/mol. The summed E-state index contributed by atoms with van der Waals surface area (Å²) in [4.78, 5) is 0. The van der Waals surface area contributed by atoms with Crippen LogP contribution in [0.15, 0.2) is 22.5 Å². The van der Waals surface area contributed by atoms with E-state index in [4.69, 9.17) is 11.6 Å². The maximum atomic E-state index is 12.1. The summed E-state index contributed by atoms with van der Waals surface area (Å²) in [5.74, 6) is 0. The molecule has 0 amide bonds. The molecule has 1 N–H and O–H groups in total. The first kappa shape index (κ1) is 13.4. The van der Waals surface area contributed by atoms with Gasteiger partial charge in [0.05, 0.1) is 15.7 Å². The Hall–Kier alpha value is -1.05. The number of thiophene rings is 1. The van der Waals surface area contributed by atoms with Crippen molar-refractivity contribution in [1.82, 2.24) is 9.78 Å². The predicted octanol–water partition coefficient (Wildman–Crippen LogP) is 2.73. The van der Waals surface area contributed by atoms with Gasteiger partial charge in [-0.25, -0.2) is 8.42 Å². The van der Waals surface area contributed by atoms with E-state index in [1.165, 1.54) is 6.07 Å². The number of aromatic nitrogens is 2. The number of nitrogens with zero attached hydrogens (tertiary/aromatic N) is 2. The molecule has 0 aromatic carbocycles. The molecule has 18 heavy (non-hydrogen) atoms. The zero-order chi connectivity index (χ0) is 13.3. The zero-order valence-electron chi connectivity index (χ0n) is 9.84. The Balaban J connectivity index is 2.30. The Morgan fingerprint density at radius 3 is 2.72 bits per heavy atom. The van der Waals surface area contributed by atoms with Crippen LogP contribution in [0, 0.1) is 6.92 Å². The minimum atomic E-state index is -3.58. The van der Waals surface area contributed by atoms with E-state index in [-0.39, 0.29) is 4.21 Å². The molecule has 0 fully saturated rings. The lowest BCUT2D eigenvalue weighted by atomic mass is 10.4. The number of sulfonamides is 1. The molecule has 98 valence electrons. The van der Waals surface area contributed by atoms with E-state index in [0.717, 1.165) is 11.3 Å². The van der Waals surface area contributed by atoms with Gasteiger partial charge in [0, 0.05) is 12.7 Å². The summed E-state index contributed by atoms with van der Waals surface area (Å²) in [5, 5.41) is 4.18. The minimum absolute atomic E-state index is 0.191. The van der Waals surface area contributed by atoms with Gasteiger partial charge >= 0.3 is 0 Å². The summed E-state index contributed by atoms with van der Waals surface area (Å²) in [5.41, 5.74) is 1.13. The molecule has 0 aliphatic rings. The van der Waals surface area contributed by atoms with E-state index in [1.807, 2.05) is 6.92 Å². The largest absolute Gasteiger partial charge is 0.275 e. The van der Waals surface area contributed by atoms with Gasteiger partial charge in [0.1, 0.15) is 4.21 Å². The lowest BCUT2D eigenvalue weighted by Gasteiger charge is -2.03. The zero-order valence-corrected chi connectivity index (χ0v) is 12.2. The molecule has 0 saturated heterocycles. The number of anilines is 1. The fourth-order valence-corrected chi connectivity index (χ4v) is 4.00. The van der Waals surface area contributed by atoms with Gasteiger partial charge in [0.2, 0.25) is 0 Å². The van der Waals surface area contributed by atoms with Crippen LogP contribution in [0.1, 0.15) is 12.6 Å². The highest BCUT2D eigenvalue weighted by molar-refractivity contribution is 7.94. The molecule has 0 aliphatic carbocycles. The lowest BCUT2D eigenvalue weighted by Crippen LogP contribution is -2.11. The first-order valence-corrected chi connectivity index (χ1v) is 7.92. The van der Waals surface area contributed by atoms with E-state index < -0.39 is 10.0 Å². The second-order valence-electron chi connectivity index (χ2n) is 3.65. The second kappa shape index (κ2) is 4.91. The van der Waals surface area contributed by atoms with Gasteiger partial charge in [0.25, 0.3) is 10.0 Å². The second-order valence-corrected chi connectivity index (χ2v) is 7.27. The maximum Gasteiger partial charge on any atom is 0.271 e. The molecule has 0 atom stereocenters. The Labute approximate surface area is 114 Å². The van der Waals surface area contributed by atoms with Crippen molar-refractivity contribution in [1.29, 1.82) is 0 Å². The highest BCUT2D eigenvalue weighted by Gasteiger charge is 2.18. The minimum Gasteiger partial charge on any atom is -0.275 e. The number of nitrogens with one attached hydrogen (secondary N) is 1. The molecular formula is C10H12ClN3O2S2. The van der Waals surface area contributed by atoms with Crippen molar-refractivity contribution >= 4 is 38.6 Å². The Kier molecular flexibility index (Phi) is 3.65. The van der Waals surface area contributed by atoms with Crippen molar-refractivity contribution < 1.29 is 8.42 Å². The average molecular weight is 306 g/mol. The molecule has 2 aromatic rings. The van der Waals surface area contributed by atoms with Crippen LogP contribution < -0.4 is 4.72 Å². The van der Waals surface area contributed by atoms with E-state index in [9.17, 15) is 8.42 Å². The van der Waals surface area contributed by atoms with Crippen LogP contribution in [-0.2, 0) is 16.6 Å². The van der Waals surface area contributed by atoms with Crippen molar-refractivity contribution in [3.05, 3.63) is 28.4 Å². The summed E-state index contributed by atoms with van der Waals surface area (Å²) in [6.45, 7) is 4.38. The van der Waals surface area contributed by atoms with Gasteiger partial charge in [-0.3, -0.25) is 9.40 Å². The third-order valence-corrected chi connectivity index (χ3v) is 5.42. The van der Waals surface area contributed by atoms with Crippen molar-refractivity contribution in [2.75, 3.05) is 4.72 Å². The third kappa shape index (κ3) is 2.68. The molecule has 0 spiro atoms. The highest BCUT2D eigenvalue weighted by Crippen LogP contribution is 2.27. The van der Waals surface area contributed by atoms with Crippen LogP contribution >= 0.6 is 22.9 Å². The summed E-state index contributed by atoms with van der Waals surface area (Å²) >= 11 is 6.76. The van der Waals surface area contributed by atoms with Crippen LogP contribution in [0.3, 0.4) is 0 Å². The standard InChI is InChI=1S/C10H12ClN3O2S2/c1-3-14-6-8(7(2)12-14)13-18(15,16)10-5-4-9(11)17-10/h4-6,13H,3H2,1-2H3. The van der Waals surface area contributed by atoms with Gasteiger partial charge in [0.15, 0.2) is 0 Å². The molecule has 0 aliphatic heterocycles. The predicted molar refractivity (Wildman–Crippen MR) is 72.8 cm³/mol. The molecule has 0 radical (unpaired) electrons. The fraction of sp³-hybridized carbons (Fsp3) is 0.300. The van der Waals surface area contributed by atoms with Gasteiger partial charge in [-0.05, 0) is 26.0 Å². The van der Waals surface area contributed by atoms with Crippen LogP contribution in [0.25, 0.3) is 0 Å². The molecule has 2 heterocycles. The molecule has 0 unspecified atom stereocenters. The highest BCUT2D eigenvalue weighted by atomic mass is 35.5. The van der Waals surface area contributed by atoms with Gasteiger partial charge in [-0.15, -0.1) is 11.3 Å². The van der Waals surface area contributed by atoms with Gasteiger partial charge in [-0.1, -0.05) is 11.6 Å². The van der Waals surface area contributed by atoms with Crippen LogP contribution in [0.4, 0.5) is 5.69 Å². The van der Waals surface area contributed by atoms with E-state index in [1.54, 1.807) is 23.9 Å². The van der Waals surface area contributed by atoms with E-state index >= 15 is 0 Å². The van der Waals surface area contributed by atoms with Crippen LogP contribution in [-0.4, -0.2) is 18.2 Å². The number of aryl methyl sites for hydroxylation is 2. The number of hydrogen-bond acceptors (Lipinski definition) is 4. The third-order valence-electron chi connectivity index (χ3n) is 2.33. The molecule has 8 heteroatoms. The average Bonchev–Trinajstić information content (AvgIpc) is 2.86. The van der Waals surface area contributed by atoms with Crippen molar-refractivity contribution in [2.24, 2.45) is 0 Å². The first-order valence-electron chi connectivity index (χ1n) is 5.24. The van der Waals surface area contributed by atoms with Crippen molar-refractivity contribution in [3.8, 4) is 0 Å². The quantitative estimate of drug-likeness (QED) is 0.944. The normalized spacial score (nSPS) is 11.7. The maximum absolute atomic E-state index is 12.1. The molecule has 2 rings (SSSR count). The summed E-state index contributed by atoms with van der Waals surface area (Å²) in [7, 11) is -3.58. The molecule has 5 nitrogen and oxygen atoms in total. The molecule has 0 bridgehead atoms. The van der Waals surface area contributed by atoms with Crippen molar-refractivity contribution in [2.45, 2.75) is 24.6 Å². The summed E-state index contributed by atoms with van der Waals surface area (Å²) < 4.78 is 29.0. The SMILES string of the molecule is CCn1cc(NS(=O)(=O)c2ccc(Cl)s2)c(C)n1. The summed E-state index contributed by atoms with van der Waals surface area (Å²) in [6, 6.07) is 3.04. The van der Waals surface area contributed by atoms with E-state index in [0.29, 0.717) is 22.3 Å². The Morgan fingerprint density at radius 2 is 2.22 bits per heavy atom. The Bertz CT molecular complexity index is 660. The van der Waals surface area contributed by atoms with Crippen LogP contribution in [0.5, 0.6) is 0 Å². The number of halogens is 1. The number of hydrogen-bond donors (Lipinski definition) is 1. The van der Waals surface area contributed by atoms with Gasteiger partial charge in [-0.2, -0.15) is 5.10 Å².